The standard InChI is InChI=1S/C9H17F2N.ClH/c1-8(2,3)7-6-9(10,11)4-5-12-7;/h7,12H,4-6H2,1-3H3;1H. The van der Waals surface area contributed by atoms with E-state index >= 15 is 0 Å². The molecule has 13 heavy (non-hydrogen) atoms. The first-order valence-electron chi connectivity index (χ1n) is 4.42. The summed E-state index contributed by atoms with van der Waals surface area (Å²) in [4.78, 5) is 0. The van der Waals surface area contributed by atoms with Crippen LogP contribution >= 0.6 is 12.4 Å². The largest absolute Gasteiger partial charge is 0.313 e. The van der Waals surface area contributed by atoms with Gasteiger partial charge in [-0.15, -0.1) is 12.4 Å². The Hall–Kier alpha value is 0.110. The highest BCUT2D eigenvalue weighted by molar-refractivity contribution is 5.85. The Morgan fingerprint density at radius 1 is 1.31 bits per heavy atom. The minimum atomic E-state index is -2.46. The van der Waals surface area contributed by atoms with Gasteiger partial charge in [0.2, 0.25) is 0 Å². The van der Waals surface area contributed by atoms with E-state index in [1.165, 1.54) is 0 Å². The van der Waals surface area contributed by atoms with Crippen LogP contribution in [-0.4, -0.2) is 18.5 Å². The number of rotatable bonds is 0. The molecule has 1 N–H and O–H groups in total. The van der Waals surface area contributed by atoms with Gasteiger partial charge in [-0.2, -0.15) is 0 Å². The minimum Gasteiger partial charge on any atom is -0.313 e. The lowest BCUT2D eigenvalue weighted by molar-refractivity contribution is -0.0551. The molecule has 0 spiro atoms. The molecule has 0 aromatic carbocycles. The second kappa shape index (κ2) is 4.09. The first kappa shape index (κ1) is 13.1. The zero-order chi connectivity index (χ0) is 9.41. The van der Waals surface area contributed by atoms with Crippen molar-refractivity contribution >= 4 is 12.4 Å². The van der Waals surface area contributed by atoms with Gasteiger partial charge < -0.3 is 5.32 Å². The highest BCUT2D eigenvalue weighted by atomic mass is 35.5. The summed E-state index contributed by atoms with van der Waals surface area (Å²) in [6, 6.07) is -0.0544. The van der Waals surface area contributed by atoms with Gasteiger partial charge in [-0.25, -0.2) is 8.78 Å². The number of halogens is 3. The van der Waals surface area contributed by atoms with Crippen LogP contribution in [0.3, 0.4) is 0 Å². The van der Waals surface area contributed by atoms with Gasteiger partial charge in [-0.05, 0) is 5.41 Å². The summed E-state index contributed by atoms with van der Waals surface area (Å²) in [5.41, 5.74) is -0.0656. The summed E-state index contributed by atoms with van der Waals surface area (Å²) in [5.74, 6) is -2.46. The maximum Gasteiger partial charge on any atom is 0.250 e. The average molecular weight is 214 g/mol. The van der Waals surface area contributed by atoms with E-state index in [9.17, 15) is 8.78 Å². The summed E-state index contributed by atoms with van der Waals surface area (Å²) < 4.78 is 25.9. The van der Waals surface area contributed by atoms with E-state index in [0.717, 1.165) is 0 Å². The molecule has 4 heteroatoms. The molecule has 1 rings (SSSR count). The Morgan fingerprint density at radius 2 is 1.85 bits per heavy atom. The van der Waals surface area contributed by atoms with Crippen molar-refractivity contribution in [3.8, 4) is 0 Å². The van der Waals surface area contributed by atoms with E-state index in [2.05, 4.69) is 5.32 Å². The smallest absolute Gasteiger partial charge is 0.250 e. The van der Waals surface area contributed by atoms with Crippen LogP contribution < -0.4 is 5.32 Å². The number of nitrogens with one attached hydrogen (secondary N) is 1. The Kier molecular flexibility index (Phi) is 4.13. The third-order valence-electron chi connectivity index (χ3n) is 2.43. The van der Waals surface area contributed by atoms with Crippen molar-refractivity contribution in [1.82, 2.24) is 5.32 Å². The molecule has 1 fully saturated rings. The Labute approximate surface area is 84.7 Å². The molecule has 0 amide bonds. The van der Waals surface area contributed by atoms with Gasteiger partial charge in [-0.1, -0.05) is 20.8 Å². The van der Waals surface area contributed by atoms with Gasteiger partial charge in [0.25, 0.3) is 5.92 Å². The third-order valence-corrected chi connectivity index (χ3v) is 2.43. The SMILES string of the molecule is CC(C)(C)C1CC(F)(F)CCN1.Cl. The molecule has 0 aromatic heterocycles. The van der Waals surface area contributed by atoms with Crippen molar-refractivity contribution in [2.75, 3.05) is 6.54 Å². The molecule has 1 saturated heterocycles. The molecular formula is C9H18ClF2N. The second-order valence-corrected chi connectivity index (χ2v) is 4.68. The van der Waals surface area contributed by atoms with E-state index in [1.807, 2.05) is 20.8 Å². The van der Waals surface area contributed by atoms with Crippen molar-refractivity contribution < 1.29 is 8.78 Å². The molecule has 1 heterocycles. The van der Waals surface area contributed by atoms with Crippen LogP contribution in [0.15, 0.2) is 0 Å². The van der Waals surface area contributed by atoms with Crippen LogP contribution in [0.2, 0.25) is 0 Å². The van der Waals surface area contributed by atoms with Gasteiger partial charge in [0.15, 0.2) is 0 Å². The monoisotopic (exact) mass is 213 g/mol. The molecule has 0 aliphatic carbocycles. The lowest BCUT2D eigenvalue weighted by Crippen LogP contribution is -2.49. The molecule has 1 atom stereocenters. The molecule has 0 saturated carbocycles. The van der Waals surface area contributed by atoms with Gasteiger partial charge in [0.1, 0.15) is 0 Å². The molecule has 0 radical (unpaired) electrons. The molecule has 1 aliphatic rings. The Morgan fingerprint density at radius 3 is 2.15 bits per heavy atom. The van der Waals surface area contributed by atoms with Gasteiger partial charge >= 0.3 is 0 Å². The zero-order valence-electron chi connectivity index (χ0n) is 8.36. The molecule has 1 unspecified atom stereocenters. The third kappa shape index (κ3) is 3.77. The summed E-state index contributed by atoms with van der Waals surface area (Å²) in [6.07, 6.45) is -0.0317. The van der Waals surface area contributed by atoms with Gasteiger partial charge in [-0.3, -0.25) is 0 Å². The lowest BCUT2D eigenvalue weighted by atomic mass is 9.81. The van der Waals surface area contributed by atoms with E-state index in [0.29, 0.717) is 6.54 Å². The van der Waals surface area contributed by atoms with Crippen LogP contribution in [0, 0.1) is 5.41 Å². The first-order chi connectivity index (χ1) is 5.31. The fourth-order valence-electron chi connectivity index (χ4n) is 1.51. The van der Waals surface area contributed by atoms with Crippen molar-refractivity contribution in [2.24, 2.45) is 5.41 Å². The van der Waals surface area contributed by atoms with E-state index in [-0.39, 0.29) is 36.7 Å². The van der Waals surface area contributed by atoms with Gasteiger partial charge in [0.05, 0.1) is 0 Å². The van der Waals surface area contributed by atoms with Crippen molar-refractivity contribution in [1.29, 1.82) is 0 Å². The Bertz CT molecular complexity index is 162. The molecule has 1 nitrogen and oxygen atoms in total. The highest BCUT2D eigenvalue weighted by Crippen LogP contribution is 2.34. The number of alkyl halides is 2. The van der Waals surface area contributed by atoms with Crippen LogP contribution in [0.1, 0.15) is 33.6 Å². The molecule has 80 valence electrons. The van der Waals surface area contributed by atoms with Crippen LogP contribution in [0.4, 0.5) is 8.78 Å². The van der Waals surface area contributed by atoms with E-state index in [4.69, 9.17) is 0 Å². The Balaban J connectivity index is 0.00000144. The maximum atomic E-state index is 12.9. The first-order valence-corrected chi connectivity index (χ1v) is 4.42. The summed E-state index contributed by atoms with van der Waals surface area (Å²) >= 11 is 0. The van der Waals surface area contributed by atoms with Crippen LogP contribution in [0.5, 0.6) is 0 Å². The fourth-order valence-corrected chi connectivity index (χ4v) is 1.51. The summed E-state index contributed by atoms with van der Waals surface area (Å²) in [6.45, 7) is 6.42. The fraction of sp³-hybridized carbons (Fsp3) is 1.00. The predicted octanol–water partition coefficient (Wildman–Crippen LogP) is 2.84. The quantitative estimate of drug-likeness (QED) is 0.653. The highest BCUT2D eigenvalue weighted by Gasteiger charge is 2.40. The average Bonchev–Trinajstić information content (AvgIpc) is 1.83. The summed E-state index contributed by atoms with van der Waals surface area (Å²) in [5, 5.41) is 3.13. The lowest BCUT2D eigenvalue weighted by Gasteiger charge is -2.38. The predicted molar refractivity (Wildman–Crippen MR) is 52.7 cm³/mol. The van der Waals surface area contributed by atoms with Crippen LogP contribution in [0.25, 0.3) is 0 Å². The number of hydrogen-bond donors (Lipinski definition) is 1. The maximum absolute atomic E-state index is 12.9. The second-order valence-electron chi connectivity index (χ2n) is 4.68. The van der Waals surface area contributed by atoms with Crippen molar-refractivity contribution in [2.45, 2.75) is 45.6 Å². The zero-order valence-corrected chi connectivity index (χ0v) is 9.18. The number of hydrogen-bond acceptors (Lipinski definition) is 1. The minimum absolute atomic E-state index is 0. The van der Waals surface area contributed by atoms with Crippen LogP contribution in [-0.2, 0) is 0 Å². The molecule has 1 aliphatic heterocycles. The van der Waals surface area contributed by atoms with E-state index < -0.39 is 5.92 Å². The van der Waals surface area contributed by atoms with Gasteiger partial charge in [0, 0.05) is 25.4 Å². The molecular weight excluding hydrogens is 196 g/mol. The summed E-state index contributed by atoms with van der Waals surface area (Å²) in [7, 11) is 0. The molecule has 0 bridgehead atoms. The van der Waals surface area contributed by atoms with E-state index in [1.54, 1.807) is 0 Å². The van der Waals surface area contributed by atoms with Crippen molar-refractivity contribution in [3.63, 3.8) is 0 Å². The van der Waals surface area contributed by atoms with Crippen molar-refractivity contribution in [3.05, 3.63) is 0 Å². The number of piperidine rings is 1. The topological polar surface area (TPSA) is 12.0 Å². The molecule has 0 aromatic rings. The normalized spacial score (nSPS) is 27.9.